The van der Waals surface area contributed by atoms with Crippen LogP contribution in [0.1, 0.15) is 64.2 Å². The third-order valence-corrected chi connectivity index (χ3v) is 7.09. The molecule has 7 nitrogen and oxygen atoms in total. The fraction of sp³-hybridized carbons (Fsp3) is 0.364. The van der Waals surface area contributed by atoms with Gasteiger partial charge in [-0.3, -0.25) is 4.79 Å². The van der Waals surface area contributed by atoms with E-state index in [9.17, 15) is 4.79 Å². The zero-order valence-corrected chi connectivity index (χ0v) is 26.6. The molecule has 0 atom stereocenters. The Hall–Kier alpha value is -3.65. The van der Waals surface area contributed by atoms with Gasteiger partial charge in [-0.15, -0.1) is 0 Å². The first kappa shape index (κ1) is 30.3. The molecule has 216 valence electrons. The molecule has 0 radical (unpaired) electrons. The fourth-order valence-corrected chi connectivity index (χ4v) is 5.02. The summed E-state index contributed by atoms with van der Waals surface area (Å²) >= 11 is 3.65. The molecule has 0 amide bonds. The van der Waals surface area contributed by atoms with Crippen molar-refractivity contribution in [2.24, 2.45) is 10.5 Å². The maximum atomic E-state index is 13.8. The van der Waals surface area contributed by atoms with Crippen molar-refractivity contribution in [3.05, 3.63) is 80.0 Å². The third kappa shape index (κ3) is 6.81. The Kier molecular flexibility index (Phi) is 9.22. The number of fused-ring (bicyclic) bond motifs is 1. The lowest BCUT2D eigenvalue weighted by molar-refractivity contribution is 0.187. The second kappa shape index (κ2) is 12.5. The molecule has 0 saturated carbocycles. The summed E-state index contributed by atoms with van der Waals surface area (Å²) in [6.45, 7) is 15.5. The first-order valence-corrected chi connectivity index (χ1v) is 14.6. The second-order valence-electron chi connectivity index (χ2n) is 11.5. The Bertz CT molecular complexity index is 1650. The van der Waals surface area contributed by atoms with Gasteiger partial charge in [0.25, 0.3) is 5.56 Å². The number of methoxy groups -OCH3 is 1. The van der Waals surface area contributed by atoms with Crippen molar-refractivity contribution in [3.8, 4) is 28.6 Å². The van der Waals surface area contributed by atoms with Crippen LogP contribution in [0.3, 0.4) is 0 Å². The molecule has 4 aromatic rings. The van der Waals surface area contributed by atoms with E-state index in [-0.39, 0.29) is 16.9 Å². The Morgan fingerprint density at radius 2 is 1.80 bits per heavy atom. The molecule has 0 fully saturated rings. The van der Waals surface area contributed by atoms with Crippen LogP contribution < -0.4 is 19.8 Å². The molecule has 3 aromatic carbocycles. The molecule has 0 aliphatic rings. The van der Waals surface area contributed by atoms with Gasteiger partial charge in [0.05, 0.1) is 41.9 Å². The molecule has 0 spiro atoms. The van der Waals surface area contributed by atoms with Crippen LogP contribution in [0.15, 0.2) is 62.9 Å². The highest BCUT2D eigenvalue weighted by Crippen LogP contribution is 2.38. The van der Waals surface area contributed by atoms with Gasteiger partial charge in [0.2, 0.25) is 0 Å². The minimum absolute atomic E-state index is 0.0152. The summed E-state index contributed by atoms with van der Waals surface area (Å²) in [5.74, 6) is 2.72. The van der Waals surface area contributed by atoms with Crippen LogP contribution in [-0.2, 0) is 0 Å². The highest BCUT2D eigenvalue weighted by Gasteiger charge is 2.19. The normalized spacial score (nSPS) is 12.0. The van der Waals surface area contributed by atoms with Crippen molar-refractivity contribution in [1.29, 1.82) is 0 Å². The maximum Gasteiger partial charge on any atom is 0.282 e. The van der Waals surface area contributed by atoms with Crippen molar-refractivity contribution in [2.45, 2.75) is 54.4 Å². The first-order valence-electron chi connectivity index (χ1n) is 13.8. The molecule has 0 aliphatic carbocycles. The topological polar surface area (TPSA) is 74.9 Å². The highest BCUT2D eigenvalue weighted by atomic mass is 79.9. The van der Waals surface area contributed by atoms with E-state index in [1.807, 2.05) is 56.3 Å². The van der Waals surface area contributed by atoms with Gasteiger partial charge >= 0.3 is 0 Å². The largest absolute Gasteiger partial charge is 0.496 e. The van der Waals surface area contributed by atoms with E-state index < -0.39 is 0 Å². The van der Waals surface area contributed by atoms with Gasteiger partial charge in [0.1, 0.15) is 5.75 Å². The number of hydrogen-bond donors (Lipinski definition) is 0. The minimum atomic E-state index is -0.252. The average molecular weight is 621 g/mol. The molecule has 8 heteroatoms. The summed E-state index contributed by atoms with van der Waals surface area (Å²) in [6.07, 6.45) is 1.64. The van der Waals surface area contributed by atoms with E-state index in [1.54, 1.807) is 19.4 Å². The van der Waals surface area contributed by atoms with E-state index in [0.717, 1.165) is 32.5 Å². The number of hydrogen-bond acceptors (Lipinski definition) is 6. The molecule has 0 N–H and O–H groups in total. The number of benzene rings is 3. The van der Waals surface area contributed by atoms with Crippen LogP contribution in [0.25, 0.3) is 22.3 Å². The van der Waals surface area contributed by atoms with Gasteiger partial charge in [-0.2, -0.15) is 9.78 Å². The zero-order valence-electron chi connectivity index (χ0n) is 25.0. The average Bonchev–Trinajstić information content (AvgIpc) is 2.91. The lowest BCUT2D eigenvalue weighted by Crippen LogP contribution is -2.21. The van der Waals surface area contributed by atoms with Crippen molar-refractivity contribution >= 4 is 33.0 Å². The van der Waals surface area contributed by atoms with E-state index >= 15 is 0 Å². The van der Waals surface area contributed by atoms with Gasteiger partial charge in [-0.05, 0) is 94.2 Å². The van der Waals surface area contributed by atoms with Gasteiger partial charge < -0.3 is 14.2 Å². The Labute approximate surface area is 250 Å². The van der Waals surface area contributed by atoms with Crippen molar-refractivity contribution in [3.63, 3.8) is 0 Å². The highest BCUT2D eigenvalue weighted by molar-refractivity contribution is 9.10. The summed E-state index contributed by atoms with van der Waals surface area (Å²) in [5, 5.41) is 5.18. The van der Waals surface area contributed by atoms with Gasteiger partial charge in [-0.1, -0.05) is 46.8 Å². The number of ether oxygens (including phenoxy) is 3. The van der Waals surface area contributed by atoms with E-state index in [4.69, 9.17) is 19.2 Å². The van der Waals surface area contributed by atoms with Crippen molar-refractivity contribution in [2.75, 3.05) is 20.3 Å². The molecular formula is C33H38BrN3O4. The predicted molar refractivity (Wildman–Crippen MR) is 170 cm³/mol. The molecule has 1 heterocycles. The molecule has 41 heavy (non-hydrogen) atoms. The summed E-state index contributed by atoms with van der Waals surface area (Å²) in [6, 6.07) is 15.1. The number of rotatable bonds is 9. The number of halogens is 1. The molecule has 0 bridgehead atoms. The zero-order chi connectivity index (χ0) is 29.9. The van der Waals surface area contributed by atoms with Crippen LogP contribution >= 0.6 is 15.9 Å². The Morgan fingerprint density at radius 3 is 2.46 bits per heavy atom. The van der Waals surface area contributed by atoms with Gasteiger partial charge in [0, 0.05) is 5.56 Å². The smallest absolute Gasteiger partial charge is 0.282 e. The van der Waals surface area contributed by atoms with Crippen molar-refractivity contribution in [1.82, 2.24) is 9.66 Å². The molecule has 0 saturated heterocycles. The number of aromatic nitrogens is 2. The fourth-order valence-electron chi connectivity index (χ4n) is 4.45. The third-order valence-electron chi connectivity index (χ3n) is 6.50. The lowest BCUT2D eigenvalue weighted by atomic mass is 9.96. The van der Waals surface area contributed by atoms with Crippen molar-refractivity contribution < 1.29 is 14.2 Å². The molecule has 0 aliphatic heterocycles. The molecule has 4 rings (SSSR count). The monoisotopic (exact) mass is 619 g/mol. The summed E-state index contributed by atoms with van der Waals surface area (Å²) in [7, 11) is 1.67. The molecular weight excluding hydrogens is 582 g/mol. The van der Waals surface area contributed by atoms with E-state index in [1.165, 1.54) is 4.68 Å². The molecule has 1 aromatic heterocycles. The SMILES string of the molecule is CCOc1cc(C=Nn2c(-c3cc(C(C)C)c(OC)cc3C)nc3ccccc3c2=O)cc(Br)c1OCC(C)(C)C. The van der Waals surface area contributed by atoms with E-state index in [0.29, 0.717) is 41.4 Å². The second-order valence-corrected chi connectivity index (χ2v) is 12.3. The van der Waals surface area contributed by atoms with Crippen LogP contribution in [0.4, 0.5) is 0 Å². The van der Waals surface area contributed by atoms with Crippen LogP contribution in [-0.4, -0.2) is 36.2 Å². The Morgan fingerprint density at radius 1 is 1.07 bits per heavy atom. The lowest BCUT2D eigenvalue weighted by Gasteiger charge is -2.21. The van der Waals surface area contributed by atoms with Crippen LogP contribution in [0.2, 0.25) is 0 Å². The van der Waals surface area contributed by atoms with Crippen LogP contribution in [0.5, 0.6) is 17.2 Å². The summed E-state index contributed by atoms with van der Waals surface area (Å²) in [5.41, 5.74) is 3.86. The minimum Gasteiger partial charge on any atom is -0.496 e. The van der Waals surface area contributed by atoms with Gasteiger partial charge in [-0.25, -0.2) is 4.98 Å². The standard InChI is InChI=1S/C33H38BrN3O4/c1-9-40-29-16-22(15-26(34)30(29)41-19-33(5,6)7)18-35-37-31(36-27-13-11-10-12-23(27)32(37)38)25-17-24(20(2)3)28(39-8)14-21(25)4/h10-18,20H,9,19H2,1-8H3. The number of para-hydroxylation sites is 1. The maximum absolute atomic E-state index is 13.8. The molecule has 0 unspecified atom stereocenters. The van der Waals surface area contributed by atoms with E-state index in [2.05, 4.69) is 55.7 Å². The van der Waals surface area contributed by atoms with Gasteiger partial charge in [0.15, 0.2) is 17.3 Å². The number of aryl methyl sites for hydroxylation is 1. The summed E-state index contributed by atoms with van der Waals surface area (Å²) in [4.78, 5) is 18.7. The Balaban J connectivity index is 1.88. The summed E-state index contributed by atoms with van der Waals surface area (Å²) < 4.78 is 19.8. The van der Waals surface area contributed by atoms with Crippen LogP contribution in [0, 0.1) is 12.3 Å². The quantitative estimate of drug-likeness (QED) is 0.178. The number of nitrogens with zero attached hydrogens (tertiary/aromatic N) is 3. The first-order chi connectivity index (χ1) is 19.4. The predicted octanol–water partition coefficient (Wildman–Crippen LogP) is 7.97.